The number of hydrogen-bond acceptors (Lipinski definition) is 4. The highest BCUT2D eigenvalue weighted by molar-refractivity contribution is 9.19. The van der Waals surface area contributed by atoms with Crippen LogP contribution in [0.5, 0.6) is 11.5 Å². The van der Waals surface area contributed by atoms with Crippen LogP contribution < -0.4 is 9.47 Å². The zero-order chi connectivity index (χ0) is 16.0. The Labute approximate surface area is 144 Å². The van der Waals surface area contributed by atoms with E-state index >= 15 is 0 Å². The first-order chi connectivity index (χ1) is 10.5. The third-order valence-electron chi connectivity index (χ3n) is 2.86. The molecule has 0 spiro atoms. The summed E-state index contributed by atoms with van der Waals surface area (Å²) in [5, 5.41) is 0. The molecule has 0 unspecified atom stereocenters. The van der Waals surface area contributed by atoms with E-state index in [2.05, 4.69) is 31.9 Å². The minimum Gasteiger partial charge on any atom is -0.488 e. The maximum atomic E-state index is 12.0. The van der Waals surface area contributed by atoms with E-state index in [0.717, 1.165) is 0 Å². The number of para-hydroxylation sites is 2. The molecule has 0 heterocycles. The molecule has 0 N–H and O–H groups in total. The summed E-state index contributed by atoms with van der Waals surface area (Å²) in [5.74, 6) is 0.922. The van der Waals surface area contributed by atoms with Gasteiger partial charge in [0.1, 0.15) is 18.1 Å². The lowest BCUT2D eigenvalue weighted by Gasteiger charge is -2.27. The zero-order valence-electron chi connectivity index (χ0n) is 11.4. The van der Waals surface area contributed by atoms with Gasteiger partial charge in [-0.15, -0.1) is 0 Å². The Morgan fingerprint density at radius 1 is 0.818 bits per heavy atom. The summed E-state index contributed by atoms with van der Waals surface area (Å²) in [6.07, 6.45) is 0. The summed E-state index contributed by atoms with van der Waals surface area (Å²) >= 11 is 5.67. The topological polar surface area (TPSA) is 52.6 Å². The van der Waals surface area contributed by atoms with Crippen LogP contribution in [0.15, 0.2) is 60.7 Å². The molecule has 2 aromatic rings. The van der Waals surface area contributed by atoms with Gasteiger partial charge < -0.3 is 9.47 Å². The van der Waals surface area contributed by atoms with Crippen molar-refractivity contribution in [3.63, 3.8) is 0 Å². The van der Waals surface area contributed by atoms with Gasteiger partial charge in [0.15, 0.2) is 0 Å². The maximum absolute atomic E-state index is 12.0. The Morgan fingerprint density at radius 2 is 1.27 bits per heavy atom. The van der Waals surface area contributed by atoms with Crippen LogP contribution >= 0.6 is 31.9 Å². The predicted molar refractivity (Wildman–Crippen MR) is 89.6 cm³/mol. The minimum absolute atomic E-state index is 0.264. The van der Waals surface area contributed by atoms with Gasteiger partial charge in [-0.25, -0.2) is 0 Å². The van der Waals surface area contributed by atoms with Crippen LogP contribution in [0, 0.1) is 0 Å². The molecular formula is C16H12Br2O4. The smallest absolute Gasteiger partial charge is 0.279 e. The SMILES string of the molecule is O=C(Br)C(COc1ccccc1)(Oc1ccccc1)C(=O)Br. The Kier molecular flexibility index (Phi) is 5.74. The fourth-order valence-electron chi connectivity index (χ4n) is 1.69. The molecule has 2 aromatic carbocycles. The second kappa shape index (κ2) is 7.56. The third kappa shape index (κ3) is 3.96. The monoisotopic (exact) mass is 426 g/mol. The van der Waals surface area contributed by atoms with Gasteiger partial charge in [0.05, 0.1) is 0 Å². The summed E-state index contributed by atoms with van der Waals surface area (Å²) < 4.78 is 9.92. The zero-order valence-corrected chi connectivity index (χ0v) is 14.5. The lowest BCUT2D eigenvalue weighted by molar-refractivity contribution is -0.138. The van der Waals surface area contributed by atoms with E-state index in [4.69, 9.17) is 9.47 Å². The first-order valence-electron chi connectivity index (χ1n) is 6.36. The standard InChI is InChI=1S/C16H12Br2O4/c17-14(19)16(15(18)20,22-13-9-5-2-6-10-13)11-21-12-7-3-1-4-8-12/h1-10H,11H2. The van der Waals surface area contributed by atoms with Crippen LogP contribution in [0.2, 0.25) is 0 Å². The number of carbonyl (C=O) groups excluding carboxylic acids is 2. The highest BCUT2D eigenvalue weighted by atomic mass is 79.9. The van der Waals surface area contributed by atoms with Crippen molar-refractivity contribution in [3.8, 4) is 11.5 Å². The van der Waals surface area contributed by atoms with Gasteiger partial charge in [-0.05, 0) is 56.1 Å². The van der Waals surface area contributed by atoms with Crippen molar-refractivity contribution in [2.24, 2.45) is 0 Å². The largest absolute Gasteiger partial charge is 0.488 e. The number of ether oxygens (including phenoxy) is 2. The van der Waals surface area contributed by atoms with Crippen LogP contribution in [0.1, 0.15) is 0 Å². The normalized spacial score (nSPS) is 10.8. The summed E-state index contributed by atoms with van der Waals surface area (Å²) in [5.41, 5.74) is -1.81. The number of hydrogen-bond donors (Lipinski definition) is 0. The lowest BCUT2D eigenvalue weighted by atomic mass is 10.1. The number of carbonyl (C=O) groups is 2. The highest BCUT2D eigenvalue weighted by Gasteiger charge is 2.47. The molecule has 0 aromatic heterocycles. The Balaban J connectivity index is 2.25. The molecule has 0 fully saturated rings. The average Bonchev–Trinajstić information content (AvgIpc) is 2.53. The van der Waals surface area contributed by atoms with E-state index in [1.807, 2.05) is 6.07 Å². The van der Waals surface area contributed by atoms with Crippen LogP contribution in [-0.2, 0) is 9.59 Å². The van der Waals surface area contributed by atoms with Gasteiger partial charge in [0.25, 0.3) is 15.0 Å². The van der Waals surface area contributed by atoms with Crippen LogP contribution in [0.4, 0.5) is 0 Å². The molecule has 4 nitrogen and oxygen atoms in total. The summed E-state index contributed by atoms with van der Waals surface area (Å²) in [7, 11) is 0. The van der Waals surface area contributed by atoms with Crippen molar-refractivity contribution in [2.75, 3.05) is 6.61 Å². The van der Waals surface area contributed by atoms with E-state index in [-0.39, 0.29) is 6.61 Å². The molecule has 0 amide bonds. The first-order valence-corrected chi connectivity index (χ1v) is 7.95. The van der Waals surface area contributed by atoms with E-state index in [0.29, 0.717) is 11.5 Å². The average molecular weight is 428 g/mol. The molecule has 0 bridgehead atoms. The van der Waals surface area contributed by atoms with Crippen LogP contribution in [0.25, 0.3) is 0 Å². The van der Waals surface area contributed by atoms with Crippen molar-refractivity contribution in [3.05, 3.63) is 60.7 Å². The van der Waals surface area contributed by atoms with E-state index in [9.17, 15) is 9.59 Å². The molecule has 114 valence electrons. The Hall–Kier alpha value is -1.66. The van der Waals surface area contributed by atoms with Crippen molar-refractivity contribution in [2.45, 2.75) is 5.60 Å². The summed E-state index contributed by atoms with van der Waals surface area (Å²) in [4.78, 5) is 24.0. The van der Waals surface area contributed by atoms with Crippen LogP contribution in [0.3, 0.4) is 0 Å². The van der Waals surface area contributed by atoms with Crippen LogP contribution in [-0.4, -0.2) is 21.6 Å². The quantitative estimate of drug-likeness (QED) is 0.499. The van der Waals surface area contributed by atoms with Gasteiger partial charge in [0.2, 0.25) is 0 Å². The molecule has 0 aliphatic heterocycles. The lowest BCUT2D eigenvalue weighted by Crippen LogP contribution is -2.52. The van der Waals surface area contributed by atoms with Crippen molar-refractivity contribution in [1.82, 2.24) is 0 Å². The van der Waals surface area contributed by atoms with E-state index in [1.165, 1.54) is 0 Å². The van der Waals surface area contributed by atoms with E-state index < -0.39 is 15.0 Å². The van der Waals surface area contributed by atoms with Crippen molar-refractivity contribution >= 4 is 41.2 Å². The van der Waals surface area contributed by atoms with Gasteiger partial charge >= 0.3 is 0 Å². The second-order valence-corrected chi connectivity index (χ2v) is 5.83. The molecule has 0 atom stereocenters. The molecule has 0 aliphatic rings. The number of halogens is 2. The summed E-state index contributed by atoms with van der Waals surface area (Å²) in [6, 6.07) is 17.5. The predicted octanol–water partition coefficient (Wildman–Crippen LogP) is 3.73. The molecular weight excluding hydrogens is 416 g/mol. The number of benzene rings is 2. The molecule has 0 aliphatic carbocycles. The van der Waals surface area contributed by atoms with Crippen molar-refractivity contribution < 1.29 is 19.1 Å². The Morgan fingerprint density at radius 3 is 1.73 bits per heavy atom. The van der Waals surface area contributed by atoms with Crippen molar-refractivity contribution in [1.29, 1.82) is 0 Å². The highest BCUT2D eigenvalue weighted by Crippen LogP contribution is 2.26. The molecule has 0 saturated heterocycles. The second-order valence-electron chi connectivity index (χ2n) is 4.39. The van der Waals surface area contributed by atoms with Gasteiger partial charge in [-0.1, -0.05) is 36.4 Å². The van der Waals surface area contributed by atoms with Gasteiger partial charge in [0, 0.05) is 0 Å². The fraction of sp³-hybridized carbons (Fsp3) is 0.125. The van der Waals surface area contributed by atoms with E-state index in [1.54, 1.807) is 54.6 Å². The maximum Gasteiger partial charge on any atom is 0.279 e. The molecule has 6 heteroatoms. The first kappa shape index (κ1) is 16.7. The minimum atomic E-state index is -1.81. The van der Waals surface area contributed by atoms with Gasteiger partial charge in [-0.2, -0.15) is 0 Å². The Bertz CT molecular complexity index is 630. The fourth-order valence-corrected chi connectivity index (χ4v) is 2.71. The molecule has 0 radical (unpaired) electrons. The number of rotatable bonds is 7. The van der Waals surface area contributed by atoms with Gasteiger partial charge in [-0.3, -0.25) is 9.59 Å². The third-order valence-corrected chi connectivity index (χ3v) is 4.14. The molecule has 22 heavy (non-hydrogen) atoms. The molecule has 0 saturated carbocycles. The summed E-state index contributed by atoms with van der Waals surface area (Å²) in [6.45, 7) is -0.264. The molecule has 2 rings (SSSR count).